The van der Waals surface area contributed by atoms with Crippen LogP contribution in [0.1, 0.15) is 5.56 Å². The second-order valence-corrected chi connectivity index (χ2v) is 3.66. The Balaban J connectivity index is 2.09. The van der Waals surface area contributed by atoms with Gasteiger partial charge in [0.15, 0.2) is 18.1 Å². The fourth-order valence-corrected chi connectivity index (χ4v) is 1.54. The summed E-state index contributed by atoms with van der Waals surface area (Å²) in [5.74, 6) is 2.03. The molecule has 0 N–H and O–H groups in total. The average molecular weight is 243 g/mol. The van der Waals surface area contributed by atoms with Gasteiger partial charge in [-0.3, -0.25) is 0 Å². The standard InChI is InChI=1S/C15H15O3/c1-16-13-8-9-14(15(10-13)17-2)18-11-12-6-4-3-5-7-12/h3-11H,1-2H3. The van der Waals surface area contributed by atoms with Gasteiger partial charge < -0.3 is 14.2 Å². The Morgan fingerprint density at radius 3 is 2.28 bits per heavy atom. The first-order valence-electron chi connectivity index (χ1n) is 5.60. The fourth-order valence-electron chi connectivity index (χ4n) is 1.54. The molecule has 18 heavy (non-hydrogen) atoms. The van der Waals surface area contributed by atoms with Crippen LogP contribution < -0.4 is 14.2 Å². The molecule has 3 heteroatoms. The SMILES string of the molecule is COc1ccc(O[CH]c2ccccc2)c(OC)c1. The molecule has 0 aliphatic rings. The average Bonchev–Trinajstić information content (AvgIpc) is 2.46. The Morgan fingerprint density at radius 1 is 0.833 bits per heavy atom. The van der Waals surface area contributed by atoms with E-state index < -0.39 is 0 Å². The second kappa shape index (κ2) is 5.96. The summed E-state index contributed by atoms with van der Waals surface area (Å²) in [5, 5.41) is 0. The summed E-state index contributed by atoms with van der Waals surface area (Å²) in [6.07, 6.45) is 0. The quantitative estimate of drug-likeness (QED) is 0.806. The molecular weight excluding hydrogens is 228 g/mol. The largest absolute Gasteiger partial charge is 0.497 e. The lowest BCUT2D eigenvalue weighted by Crippen LogP contribution is -1.95. The van der Waals surface area contributed by atoms with Gasteiger partial charge in [0.05, 0.1) is 14.2 Å². The first-order valence-corrected chi connectivity index (χ1v) is 5.60. The first kappa shape index (κ1) is 12.3. The fraction of sp³-hybridized carbons (Fsp3) is 0.133. The van der Waals surface area contributed by atoms with Crippen LogP contribution in [0.2, 0.25) is 0 Å². The van der Waals surface area contributed by atoms with Gasteiger partial charge in [-0.25, -0.2) is 0 Å². The minimum atomic E-state index is 0.640. The van der Waals surface area contributed by atoms with Gasteiger partial charge in [-0.1, -0.05) is 30.3 Å². The zero-order chi connectivity index (χ0) is 12.8. The van der Waals surface area contributed by atoms with Crippen molar-refractivity contribution in [3.05, 3.63) is 60.7 Å². The monoisotopic (exact) mass is 243 g/mol. The normalized spacial score (nSPS) is 9.89. The molecular formula is C15H15O3. The zero-order valence-corrected chi connectivity index (χ0v) is 10.4. The molecule has 0 unspecified atom stereocenters. The highest BCUT2D eigenvalue weighted by Crippen LogP contribution is 2.31. The maximum atomic E-state index is 5.61. The van der Waals surface area contributed by atoms with Gasteiger partial charge >= 0.3 is 0 Å². The number of hydrogen-bond acceptors (Lipinski definition) is 3. The lowest BCUT2D eigenvalue weighted by atomic mass is 10.2. The predicted molar refractivity (Wildman–Crippen MR) is 70.0 cm³/mol. The van der Waals surface area contributed by atoms with Crippen LogP contribution >= 0.6 is 0 Å². The third kappa shape index (κ3) is 2.94. The van der Waals surface area contributed by atoms with E-state index in [4.69, 9.17) is 14.2 Å². The van der Waals surface area contributed by atoms with Crippen molar-refractivity contribution >= 4 is 0 Å². The van der Waals surface area contributed by atoms with Crippen molar-refractivity contribution in [2.24, 2.45) is 0 Å². The molecule has 0 saturated carbocycles. The van der Waals surface area contributed by atoms with Gasteiger partial charge in [0.1, 0.15) is 5.75 Å². The highest BCUT2D eigenvalue weighted by molar-refractivity contribution is 5.46. The van der Waals surface area contributed by atoms with E-state index in [1.807, 2.05) is 42.5 Å². The Hall–Kier alpha value is -2.16. The van der Waals surface area contributed by atoms with E-state index in [-0.39, 0.29) is 0 Å². The van der Waals surface area contributed by atoms with Gasteiger partial charge in [-0.05, 0) is 17.7 Å². The predicted octanol–water partition coefficient (Wildman–Crippen LogP) is 3.29. The van der Waals surface area contributed by atoms with Crippen molar-refractivity contribution in [2.45, 2.75) is 0 Å². The summed E-state index contributed by atoms with van der Waals surface area (Å²) in [7, 11) is 3.22. The molecule has 0 fully saturated rings. The minimum Gasteiger partial charge on any atom is -0.497 e. The molecule has 2 aromatic carbocycles. The number of hydrogen-bond donors (Lipinski definition) is 0. The molecule has 0 spiro atoms. The minimum absolute atomic E-state index is 0.640. The molecule has 3 nitrogen and oxygen atoms in total. The Morgan fingerprint density at radius 2 is 1.61 bits per heavy atom. The molecule has 0 heterocycles. The molecule has 0 atom stereocenters. The third-order valence-corrected chi connectivity index (χ3v) is 2.49. The highest BCUT2D eigenvalue weighted by Gasteiger charge is 2.06. The van der Waals surface area contributed by atoms with Crippen molar-refractivity contribution < 1.29 is 14.2 Å². The maximum Gasteiger partial charge on any atom is 0.165 e. The molecule has 93 valence electrons. The van der Waals surface area contributed by atoms with Gasteiger partial charge in [0, 0.05) is 6.07 Å². The molecule has 2 aromatic rings. The van der Waals surface area contributed by atoms with Crippen LogP contribution in [0, 0.1) is 6.61 Å². The topological polar surface area (TPSA) is 27.7 Å². The number of benzene rings is 2. The van der Waals surface area contributed by atoms with E-state index in [1.54, 1.807) is 26.9 Å². The van der Waals surface area contributed by atoms with Crippen LogP contribution in [0.25, 0.3) is 0 Å². The summed E-state index contributed by atoms with van der Waals surface area (Å²) in [6.45, 7) is 1.68. The molecule has 0 bridgehead atoms. The Kier molecular flexibility index (Phi) is 4.07. The molecule has 2 rings (SSSR count). The van der Waals surface area contributed by atoms with Crippen molar-refractivity contribution in [2.75, 3.05) is 14.2 Å². The summed E-state index contributed by atoms with van der Waals surface area (Å²) in [4.78, 5) is 0. The van der Waals surface area contributed by atoms with Gasteiger partial charge in [-0.2, -0.15) is 0 Å². The van der Waals surface area contributed by atoms with Crippen LogP contribution in [0.5, 0.6) is 17.2 Å². The van der Waals surface area contributed by atoms with Crippen LogP contribution in [-0.4, -0.2) is 14.2 Å². The molecule has 1 radical (unpaired) electrons. The molecule has 0 amide bonds. The Labute approximate surface area is 107 Å². The van der Waals surface area contributed by atoms with E-state index in [1.165, 1.54) is 0 Å². The number of methoxy groups -OCH3 is 2. The third-order valence-electron chi connectivity index (χ3n) is 2.49. The summed E-state index contributed by atoms with van der Waals surface area (Å²) in [6, 6.07) is 15.3. The highest BCUT2D eigenvalue weighted by atomic mass is 16.5. The summed E-state index contributed by atoms with van der Waals surface area (Å²) < 4.78 is 16.0. The van der Waals surface area contributed by atoms with Crippen LogP contribution in [0.15, 0.2) is 48.5 Å². The van der Waals surface area contributed by atoms with Gasteiger partial charge in [0.25, 0.3) is 0 Å². The second-order valence-electron chi connectivity index (χ2n) is 3.66. The molecule has 0 aromatic heterocycles. The van der Waals surface area contributed by atoms with Crippen molar-refractivity contribution in [1.29, 1.82) is 0 Å². The maximum absolute atomic E-state index is 5.61. The lowest BCUT2D eigenvalue weighted by molar-refractivity contribution is 0.355. The van der Waals surface area contributed by atoms with E-state index >= 15 is 0 Å². The van der Waals surface area contributed by atoms with Gasteiger partial charge in [0.2, 0.25) is 0 Å². The van der Waals surface area contributed by atoms with E-state index in [9.17, 15) is 0 Å². The summed E-state index contributed by atoms with van der Waals surface area (Å²) >= 11 is 0. The smallest absolute Gasteiger partial charge is 0.165 e. The van der Waals surface area contributed by atoms with E-state index in [2.05, 4.69) is 0 Å². The number of rotatable bonds is 5. The lowest BCUT2D eigenvalue weighted by Gasteiger charge is -2.11. The summed E-state index contributed by atoms with van der Waals surface area (Å²) in [5.41, 5.74) is 0.996. The molecule has 0 aliphatic carbocycles. The number of ether oxygens (including phenoxy) is 3. The van der Waals surface area contributed by atoms with Crippen LogP contribution in [-0.2, 0) is 0 Å². The molecule has 0 aliphatic heterocycles. The van der Waals surface area contributed by atoms with E-state index in [0.717, 1.165) is 11.3 Å². The first-order chi connectivity index (χ1) is 8.83. The van der Waals surface area contributed by atoms with Crippen LogP contribution in [0.3, 0.4) is 0 Å². The van der Waals surface area contributed by atoms with E-state index in [0.29, 0.717) is 11.5 Å². The van der Waals surface area contributed by atoms with Crippen molar-refractivity contribution in [3.8, 4) is 17.2 Å². The zero-order valence-electron chi connectivity index (χ0n) is 10.4. The molecule has 0 saturated heterocycles. The van der Waals surface area contributed by atoms with Crippen molar-refractivity contribution in [3.63, 3.8) is 0 Å². The van der Waals surface area contributed by atoms with Crippen LogP contribution in [0.4, 0.5) is 0 Å². The van der Waals surface area contributed by atoms with Gasteiger partial charge in [-0.15, -0.1) is 0 Å². The van der Waals surface area contributed by atoms with Crippen molar-refractivity contribution in [1.82, 2.24) is 0 Å². The Bertz CT molecular complexity index is 494.